The van der Waals surface area contributed by atoms with Gasteiger partial charge in [-0.1, -0.05) is 19.3 Å². The van der Waals surface area contributed by atoms with E-state index in [1.165, 1.54) is 18.6 Å². The summed E-state index contributed by atoms with van der Waals surface area (Å²) in [6.07, 6.45) is 5.41. The fraction of sp³-hybridized carbons (Fsp3) is 0.300. The molecule has 7 heteroatoms. The van der Waals surface area contributed by atoms with Crippen molar-refractivity contribution >= 4 is 28.3 Å². The molecule has 1 saturated carbocycles. The van der Waals surface area contributed by atoms with E-state index in [2.05, 4.69) is 15.3 Å². The van der Waals surface area contributed by atoms with Gasteiger partial charge in [0.1, 0.15) is 5.82 Å². The number of fused-ring (bicyclic) bond motifs is 1. The van der Waals surface area contributed by atoms with Crippen molar-refractivity contribution in [2.45, 2.75) is 32.1 Å². The Morgan fingerprint density at radius 3 is 2.56 bits per heavy atom. The van der Waals surface area contributed by atoms with Gasteiger partial charge in [-0.3, -0.25) is 14.9 Å². The second-order valence-corrected chi connectivity index (χ2v) is 6.95. The fourth-order valence-corrected chi connectivity index (χ4v) is 3.57. The molecule has 1 fully saturated rings. The van der Waals surface area contributed by atoms with E-state index >= 15 is 0 Å². The number of H-pyrrole nitrogens is 1. The summed E-state index contributed by atoms with van der Waals surface area (Å²) in [5.41, 5.74) is 2.93. The molecule has 0 atom stereocenters. The van der Waals surface area contributed by atoms with Crippen molar-refractivity contribution in [1.29, 1.82) is 0 Å². The van der Waals surface area contributed by atoms with E-state index in [0.717, 1.165) is 36.9 Å². The van der Waals surface area contributed by atoms with Crippen LogP contribution in [0.4, 0.5) is 11.4 Å². The largest absolute Gasteiger partial charge is 0.338 e. The average molecular weight is 364 g/mol. The molecule has 2 aromatic carbocycles. The van der Waals surface area contributed by atoms with Crippen LogP contribution in [0.5, 0.6) is 0 Å². The first-order valence-corrected chi connectivity index (χ1v) is 9.15. The Morgan fingerprint density at radius 1 is 1.11 bits per heavy atom. The molecule has 0 aliphatic heterocycles. The minimum atomic E-state index is -0.427. The van der Waals surface area contributed by atoms with Crippen LogP contribution in [0.25, 0.3) is 22.4 Å². The summed E-state index contributed by atoms with van der Waals surface area (Å²) >= 11 is 0. The number of rotatable bonds is 4. The maximum Gasteiger partial charge on any atom is 0.271 e. The van der Waals surface area contributed by atoms with Gasteiger partial charge >= 0.3 is 0 Å². The van der Waals surface area contributed by atoms with Crippen LogP contribution in [0.3, 0.4) is 0 Å². The number of amides is 1. The molecule has 27 heavy (non-hydrogen) atoms. The van der Waals surface area contributed by atoms with Crippen molar-refractivity contribution < 1.29 is 9.72 Å². The minimum absolute atomic E-state index is 0.0264. The third kappa shape index (κ3) is 3.67. The highest BCUT2D eigenvalue weighted by atomic mass is 16.6. The molecule has 2 N–H and O–H groups in total. The fourth-order valence-electron chi connectivity index (χ4n) is 3.57. The number of hydrogen-bond acceptors (Lipinski definition) is 4. The van der Waals surface area contributed by atoms with Crippen LogP contribution in [-0.4, -0.2) is 20.8 Å². The molecule has 1 aliphatic rings. The van der Waals surface area contributed by atoms with Crippen LogP contribution in [0, 0.1) is 16.0 Å². The number of nitrogens with one attached hydrogen (secondary N) is 2. The molecule has 0 unspecified atom stereocenters. The molecule has 138 valence electrons. The number of nitrogens with zero attached hydrogens (tertiary/aromatic N) is 2. The van der Waals surface area contributed by atoms with E-state index in [1.54, 1.807) is 6.07 Å². The number of non-ortho nitro benzene ring substituents is 1. The van der Waals surface area contributed by atoms with E-state index in [4.69, 9.17) is 0 Å². The lowest BCUT2D eigenvalue weighted by molar-refractivity contribution is -0.384. The Kier molecular flexibility index (Phi) is 4.58. The number of nitro groups is 1. The minimum Gasteiger partial charge on any atom is -0.338 e. The summed E-state index contributed by atoms with van der Waals surface area (Å²) < 4.78 is 0. The van der Waals surface area contributed by atoms with Crippen molar-refractivity contribution in [2.24, 2.45) is 5.92 Å². The van der Waals surface area contributed by atoms with E-state index in [-0.39, 0.29) is 17.5 Å². The molecule has 0 saturated heterocycles. The van der Waals surface area contributed by atoms with Gasteiger partial charge in [-0.2, -0.15) is 0 Å². The topological polar surface area (TPSA) is 101 Å². The molecular weight excluding hydrogens is 344 g/mol. The van der Waals surface area contributed by atoms with Crippen LogP contribution in [-0.2, 0) is 4.79 Å². The first kappa shape index (κ1) is 17.2. The highest BCUT2D eigenvalue weighted by Gasteiger charge is 2.21. The lowest BCUT2D eigenvalue weighted by atomic mass is 9.88. The van der Waals surface area contributed by atoms with Crippen LogP contribution >= 0.6 is 0 Å². The van der Waals surface area contributed by atoms with Gasteiger partial charge in [-0.15, -0.1) is 0 Å². The van der Waals surface area contributed by atoms with Crippen molar-refractivity contribution in [2.75, 3.05) is 5.32 Å². The first-order chi connectivity index (χ1) is 13.1. The van der Waals surface area contributed by atoms with Gasteiger partial charge in [0.05, 0.1) is 16.0 Å². The average Bonchev–Trinajstić information content (AvgIpc) is 3.12. The predicted octanol–water partition coefficient (Wildman–Crippen LogP) is 4.66. The standard InChI is InChI=1S/C20H20N4O3/c25-20(14-4-2-1-3-5-14)21-15-8-6-13(7-9-15)19-22-17-11-10-16(24(26)27)12-18(17)23-19/h6-12,14H,1-5H2,(H,21,25)(H,22,23). The summed E-state index contributed by atoms with van der Waals surface area (Å²) in [6, 6.07) is 12.0. The van der Waals surface area contributed by atoms with Crippen molar-refractivity contribution in [3.8, 4) is 11.4 Å². The van der Waals surface area contributed by atoms with Gasteiger partial charge in [0.2, 0.25) is 5.91 Å². The second-order valence-electron chi connectivity index (χ2n) is 6.95. The van der Waals surface area contributed by atoms with E-state index in [1.807, 2.05) is 24.3 Å². The predicted molar refractivity (Wildman–Crippen MR) is 103 cm³/mol. The van der Waals surface area contributed by atoms with E-state index in [9.17, 15) is 14.9 Å². The first-order valence-electron chi connectivity index (χ1n) is 9.15. The Bertz CT molecular complexity index is 988. The van der Waals surface area contributed by atoms with Crippen molar-refractivity contribution in [1.82, 2.24) is 9.97 Å². The molecule has 4 rings (SSSR count). The summed E-state index contributed by atoms with van der Waals surface area (Å²) in [5.74, 6) is 0.846. The highest BCUT2D eigenvalue weighted by molar-refractivity contribution is 5.92. The Morgan fingerprint density at radius 2 is 1.85 bits per heavy atom. The van der Waals surface area contributed by atoms with Gasteiger partial charge < -0.3 is 10.3 Å². The van der Waals surface area contributed by atoms with Crippen LogP contribution in [0.2, 0.25) is 0 Å². The summed E-state index contributed by atoms with van der Waals surface area (Å²) in [6.45, 7) is 0. The number of imidazole rings is 1. The number of benzene rings is 2. The Balaban J connectivity index is 1.50. The summed E-state index contributed by atoms with van der Waals surface area (Å²) in [5, 5.41) is 13.9. The molecule has 1 aliphatic carbocycles. The molecule has 0 radical (unpaired) electrons. The number of hydrogen-bond donors (Lipinski definition) is 2. The van der Waals surface area contributed by atoms with Crippen molar-refractivity contribution in [3.05, 3.63) is 52.6 Å². The van der Waals surface area contributed by atoms with Crippen molar-refractivity contribution in [3.63, 3.8) is 0 Å². The summed E-state index contributed by atoms with van der Waals surface area (Å²) in [4.78, 5) is 30.4. The molecule has 3 aromatic rings. The molecule has 0 spiro atoms. The number of aromatic nitrogens is 2. The SMILES string of the molecule is O=C(Nc1ccc(-c2nc3ccc([N+](=O)[O-])cc3[nH]2)cc1)C1CCCCC1. The number of carbonyl (C=O) groups is 1. The van der Waals surface area contributed by atoms with Crippen LogP contribution in [0.15, 0.2) is 42.5 Å². The maximum atomic E-state index is 12.3. The molecule has 0 bridgehead atoms. The molecule has 1 aromatic heterocycles. The van der Waals surface area contributed by atoms with Crippen LogP contribution < -0.4 is 5.32 Å². The third-order valence-electron chi connectivity index (χ3n) is 5.08. The lowest BCUT2D eigenvalue weighted by Gasteiger charge is -2.20. The quantitative estimate of drug-likeness (QED) is 0.519. The smallest absolute Gasteiger partial charge is 0.271 e. The molecule has 1 amide bonds. The Labute approximate surface area is 156 Å². The zero-order valence-corrected chi connectivity index (χ0v) is 14.8. The number of aromatic amines is 1. The van der Waals surface area contributed by atoms with Crippen LogP contribution in [0.1, 0.15) is 32.1 Å². The lowest BCUT2D eigenvalue weighted by Crippen LogP contribution is -2.24. The van der Waals surface area contributed by atoms with E-state index in [0.29, 0.717) is 16.9 Å². The van der Waals surface area contributed by atoms with Gasteiger partial charge in [-0.05, 0) is 43.2 Å². The van der Waals surface area contributed by atoms with Gasteiger partial charge in [-0.25, -0.2) is 4.98 Å². The summed E-state index contributed by atoms with van der Waals surface area (Å²) in [7, 11) is 0. The molecular formula is C20H20N4O3. The molecule has 7 nitrogen and oxygen atoms in total. The monoisotopic (exact) mass is 364 g/mol. The Hall–Kier alpha value is -3.22. The number of anilines is 1. The number of nitro benzene ring substituents is 1. The number of carbonyl (C=O) groups excluding carboxylic acids is 1. The zero-order valence-electron chi connectivity index (χ0n) is 14.8. The molecule has 1 heterocycles. The maximum absolute atomic E-state index is 12.3. The second kappa shape index (κ2) is 7.19. The van der Waals surface area contributed by atoms with Gasteiger partial charge in [0, 0.05) is 29.3 Å². The normalized spacial score (nSPS) is 15.0. The van der Waals surface area contributed by atoms with Gasteiger partial charge in [0.25, 0.3) is 5.69 Å². The van der Waals surface area contributed by atoms with Gasteiger partial charge in [0.15, 0.2) is 0 Å². The zero-order chi connectivity index (χ0) is 18.8. The third-order valence-corrected chi connectivity index (χ3v) is 5.08. The van der Waals surface area contributed by atoms with E-state index < -0.39 is 4.92 Å². The highest BCUT2D eigenvalue weighted by Crippen LogP contribution is 2.27.